The molecule has 0 aliphatic carbocycles. The van der Waals surface area contributed by atoms with Crippen LogP contribution in [-0.4, -0.2) is 13.1 Å². The van der Waals surface area contributed by atoms with Crippen LogP contribution in [0.15, 0.2) is 0 Å². The maximum atomic E-state index is 3.42. The molecule has 0 fully saturated rings. The van der Waals surface area contributed by atoms with Gasteiger partial charge >= 0.3 is 0 Å². The molecule has 12 heavy (non-hydrogen) atoms. The first-order valence-corrected chi connectivity index (χ1v) is 5.48. The smallest absolute Gasteiger partial charge is 0 e. The Morgan fingerprint density at radius 2 is 1.83 bits per heavy atom. The summed E-state index contributed by atoms with van der Waals surface area (Å²) in [7, 11) is 0. The highest BCUT2D eigenvalue weighted by Crippen LogP contribution is 2.07. The lowest BCUT2D eigenvalue weighted by Crippen LogP contribution is -2.15. The van der Waals surface area contributed by atoms with Gasteiger partial charge in [0, 0.05) is 1.43 Å². The first kappa shape index (κ1) is 12.0. The van der Waals surface area contributed by atoms with E-state index in [4.69, 9.17) is 0 Å². The van der Waals surface area contributed by atoms with Crippen LogP contribution in [0.5, 0.6) is 0 Å². The molecule has 0 rings (SSSR count). The molecule has 1 heteroatoms. The molecule has 1 N–H and O–H groups in total. The van der Waals surface area contributed by atoms with Crippen molar-refractivity contribution < 1.29 is 1.43 Å². The topological polar surface area (TPSA) is 12.0 Å². The molecule has 0 aromatic carbocycles. The van der Waals surface area contributed by atoms with Gasteiger partial charge in [0.1, 0.15) is 0 Å². The standard InChI is InChI=1S/C11H25N.H2/c1-4-9-12-10-7-5-6-8-11(2)3;/h11-12H,4-10H2,1-3H3;1H. The third-order valence-electron chi connectivity index (χ3n) is 2.06. The van der Waals surface area contributed by atoms with Gasteiger partial charge in [-0.25, -0.2) is 0 Å². The predicted molar refractivity (Wildman–Crippen MR) is 58.6 cm³/mol. The lowest BCUT2D eigenvalue weighted by Gasteiger charge is -2.04. The van der Waals surface area contributed by atoms with Gasteiger partial charge in [-0.05, 0) is 31.8 Å². The molecule has 0 spiro atoms. The van der Waals surface area contributed by atoms with Crippen molar-refractivity contribution in [1.29, 1.82) is 0 Å². The predicted octanol–water partition coefficient (Wildman–Crippen LogP) is 3.45. The summed E-state index contributed by atoms with van der Waals surface area (Å²) in [6.07, 6.45) is 6.81. The minimum absolute atomic E-state index is 0. The van der Waals surface area contributed by atoms with Gasteiger partial charge in [-0.15, -0.1) is 0 Å². The van der Waals surface area contributed by atoms with E-state index in [0.29, 0.717) is 0 Å². The highest BCUT2D eigenvalue weighted by molar-refractivity contribution is 4.50. The second-order valence-electron chi connectivity index (χ2n) is 3.99. The molecule has 0 aromatic heterocycles. The van der Waals surface area contributed by atoms with E-state index in [1.54, 1.807) is 0 Å². The third-order valence-corrected chi connectivity index (χ3v) is 2.06. The van der Waals surface area contributed by atoms with E-state index in [1.165, 1.54) is 45.2 Å². The van der Waals surface area contributed by atoms with Crippen molar-refractivity contribution in [2.24, 2.45) is 5.92 Å². The Morgan fingerprint density at radius 3 is 2.42 bits per heavy atom. The SMILES string of the molecule is CCCNCCCCCC(C)C.[HH]. The fraction of sp³-hybridized carbons (Fsp3) is 1.00. The van der Waals surface area contributed by atoms with Crippen molar-refractivity contribution in [1.82, 2.24) is 5.32 Å². The molecule has 0 heterocycles. The van der Waals surface area contributed by atoms with Crippen LogP contribution in [0.1, 0.15) is 54.3 Å². The highest BCUT2D eigenvalue weighted by Gasteiger charge is 1.93. The number of unbranched alkanes of at least 4 members (excludes halogenated alkanes) is 2. The maximum Gasteiger partial charge on any atom is 0 e. The largest absolute Gasteiger partial charge is 0.317 e. The summed E-state index contributed by atoms with van der Waals surface area (Å²) in [5, 5.41) is 3.42. The molecule has 0 bridgehead atoms. The zero-order chi connectivity index (χ0) is 9.23. The Bertz CT molecular complexity index is 84.2. The molecule has 0 aliphatic heterocycles. The second-order valence-corrected chi connectivity index (χ2v) is 3.99. The lowest BCUT2D eigenvalue weighted by atomic mass is 10.1. The van der Waals surface area contributed by atoms with E-state index in [9.17, 15) is 0 Å². The summed E-state index contributed by atoms with van der Waals surface area (Å²) in [6.45, 7) is 9.21. The van der Waals surface area contributed by atoms with Crippen LogP contribution in [0.3, 0.4) is 0 Å². The van der Waals surface area contributed by atoms with Gasteiger partial charge in [-0.2, -0.15) is 0 Å². The zero-order valence-corrected chi connectivity index (χ0v) is 9.03. The summed E-state index contributed by atoms with van der Waals surface area (Å²) < 4.78 is 0. The molecular formula is C11H27N. The average Bonchev–Trinajstić information content (AvgIpc) is 2.02. The van der Waals surface area contributed by atoms with E-state index in [0.717, 1.165) is 5.92 Å². The molecule has 0 unspecified atom stereocenters. The van der Waals surface area contributed by atoms with Crippen molar-refractivity contribution in [2.45, 2.75) is 52.9 Å². The Morgan fingerprint density at radius 1 is 1.08 bits per heavy atom. The number of nitrogens with one attached hydrogen (secondary N) is 1. The van der Waals surface area contributed by atoms with Gasteiger partial charge in [0.25, 0.3) is 0 Å². The van der Waals surface area contributed by atoms with Crippen LogP contribution in [0.2, 0.25) is 0 Å². The molecule has 0 atom stereocenters. The van der Waals surface area contributed by atoms with E-state index < -0.39 is 0 Å². The minimum atomic E-state index is 0. The highest BCUT2D eigenvalue weighted by atomic mass is 14.8. The van der Waals surface area contributed by atoms with E-state index in [-0.39, 0.29) is 1.43 Å². The normalized spacial score (nSPS) is 11.0. The summed E-state index contributed by atoms with van der Waals surface area (Å²) in [6, 6.07) is 0. The number of hydrogen-bond acceptors (Lipinski definition) is 1. The summed E-state index contributed by atoms with van der Waals surface area (Å²) in [5.41, 5.74) is 0. The summed E-state index contributed by atoms with van der Waals surface area (Å²) in [5.74, 6) is 0.883. The van der Waals surface area contributed by atoms with Crippen LogP contribution in [0.4, 0.5) is 0 Å². The van der Waals surface area contributed by atoms with Gasteiger partial charge in [0.2, 0.25) is 0 Å². The van der Waals surface area contributed by atoms with E-state index in [2.05, 4.69) is 26.1 Å². The molecule has 0 saturated heterocycles. The van der Waals surface area contributed by atoms with E-state index >= 15 is 0 Å². The van der Waals surface area contributed by atoms with Crippen molar-refractivity contribution in [3.63, 3.8) is 0 Å². The lowest BCUT2D eigenvalue weighted by molar-refractivity contribution is 0.515. The Kier molecular flexibility index (Phi) is 9.02. The van der Waals surface area contributed by atoms with Gasteiger partial charge in [0.15, 0.2) is 0 Å². The molecule has 0 aliphatic rings. The Balaban J connectivity index is 0. The van der Waals surface area contributed by atoms with Crippen molar-refractivity contribution >= 4 is 0 Å². The van der Waals surface area contributed by atoms with Gasteiger partial charge in [0.05, 0.1) is 0 Å². The Hall–Kier alpha value is -0.0400. The van der Waals surface area contributed by atoms with Crippen molar-refractivity contribution in [3.05, 3.63) is 0 Å². The molecule has 0 radical (unpaired) electrons. The molecule has 0 aromatic rings. The quantitative estimate of drug-likeness (QED) is 0.554. The molecular weight excluding hydrogens is 146 g/mol. The van der Waals surface area contributed by atoms with Gasteiger partial charge < -0.3 is 5.32 Å². The van der Waals surface area contributed by atoms with Crippen LogP contribution in [0.25, 0.3) is 0 Å². The molecule has 0 saturated carbocycles. The summed E-state index contributed by atoms with van der Waals surface area (Å²) in [4.78, 5) is 0. The monoisotopic (exact) mass is 173 g/mol. The van der Waals surface area contributed by atoms with Gasteiger partial charge in [-0.3, -0.25) is 0 Å². The van der Waals surface area contributed by atoms with Crippen LogP contribution >= 0.6 is 0 Å². The molecule has 1 nitrogen and oxygen atoms in total. The zero-order valence-electron chi connectivity index (χ0n) is 9.03. The minimum Gasteiger partial charge on any atom is -0.317 e. The summed E-state index contributed by atoms with van der Waals surface area (Å²) >= 11 is 0. The Labute approximate surface area is 79.4 Å². The number of hydrogen-bond donors (Lipinski definition) is 1. The van der Waals surface area contributed by atoms with E-state index in [1.807, 2.05) is 0 Å². The van der Waals surface area contributed by atoms with Gasteiger partial charge in [-0.1, -0.05) is 40.0 Å². The average molecular weight is 173 g/mol. The fourth-order valence-corrected chi connectivity index (χ4v) is 1.28. The maximum absolute atomic E-state index is 3.42. The molecule has 0 amide bonds. The van der Waals surface area contributed by atoms with Crippen LogP contribution < -0.4 is 5.32 Å². The van der Waals surface area contributed by atoms with Crippen molar-refractivity contribution in [3.8, 4) is 0 Å². The first-order chi connectivity index (χ1) is 5.77. The third kappa shape index (κ3) is 9.96. The second kappa shape index (κ2) is 9.05. The van der Waals surface area contributed by atoms with Crippen molar-refractivity contribution in [2.75, 3.05) is 13.1 Å². The molecule has 76 valence electrons. The first-order valence-electron chi connectivity index (χ1n) is 5.48. The van der Waals surface area contributed by atoms with Crippen LogP contribution in [-0.2, 0) is 0 Å². The number of rotatable bonds is 8. The fourth-order valence-electron chi connectivity index (χ4n) is 1.28. The van der Waals surface area contributed by atoms with Crippen LogP contribution in [0, 0.1) is 5.92 Å².